The maximum Gasteiger partial charge on any atom is 0.282 e. The Balaban J connectivity index is 1.74. The van der Waals surface area contributed by atoms with Crippen molar-refractivity contribution in [1.82, 2.24) is 0 Å². The van der Waals surface area contributed by atoms with Gasteiger partial charge in [0.1, 0.15) is 17.3 Å². The van der Waals surface area contributed by atoms with Gasteiger partial charge < -0.3 is 15.0 Å². The molecule has 1 heterocycles. The Morgan fingerprint density at radius 2 is 1.65 bits per heavy atom. The number of benzene rings is 3. The van der Waals surface area contributed by atoms with Gasteiger partial charge in [-0.3, -0.25) is 9.59 Å². The van der Waals surface area contributed by atoms with E-state index in [2.05, 4.69) is 5.32 Å². The van der Waals surface area contributed by atoms with E-state index in [0.29, 0.717) is 23.6 Å². The van der Waals surface area contributed by atoms with Crippen molar-refractivity contribution < 1.29 is 18.7 Å². The topological polar surface area (TPSA) is 61.9 Å². The Morgan fingerprint density at radius 1 is 0.941 bits per heavy atom. The normalized spacial score (nSPS) is 13.5. The Morgan fingerprint density at radius 3 is 2.26 bits per heavy atom. The standard InChI is InChI=1S/C27H26FN3O3/c1-4-16-34-23-14-8-18(9-15-23)24-25(29-20-10-12-21(13-11-20)30(2)3)27(33)31(26(24)32)22-7-5-6-19(28)17-22/h5-15,17,29H,4,16H2,1-3H3. The average Bonchev–Trinajstić information content (AvgIpc) is 3.07. The van der Waals surface area contributed by atoms with E-state index < -0.39 is 17.6 Å². The Labute approximate surface area is 198 Å². The van der Waals surface area contributed by atoms with Crippen LogP contribution in [0.25, 0.3) is 5.57 Å². The van der Waals surface area contributed by atoms with Gasteiger partial charge in [-0.25, -0.2) is 9.29 Å². The maximum atomic E-state index is 13.9. The van der Waals surface area contributed by atoms with E-state index in [1.54, 1.807) is 24.3 Å². The van der Waals surface area contributed by atoms with Gasteiger partial charge in [-0.2, -0.15) is 0 Å². The number of rotatable bonds is 8. The second-order valence-electron chi connectivity index (χ2n) is 8.11. The summed E-state index contributed by atoms with van der Waals surface area (Å²) in [6.07, 6.45) is 0.878. The molecule has 7 heteroatoms. The minimum absolute atomic E-state index is 0.133. The predicted molar refractivity (Wildman–Crippen MR) is 132 cm³/mol. The molecule has 4 rings (SSSR count). The van der Waals surface area contributed by atoms with E-state index in [-0.39, 0.29) is 17.0 Å². The highest BCUT2D eigenvalue weighted by atomic mass is 19.1. The number of imide groups is 1. The van der Waals surface area contributed by atoms with Crippen LogP contribution in [0.5, 0.6) is 5.75 Å². The molecule has 174 valence electrons. The van der Waals surface area contributed by atoms with Gasteiger partial charge in [0.15, 0.2) is 0 Å². The van der Waals surface area contributed by atoms with Crippen molar-refractivity contribution >= 4 is 34.4 Å². The van der Waals surface area contributed by atoms with Crippen LogP contribution in [0.3, 0.4) is 0 Å². The molecule has 2 amide bonds. The number of carbonyl (C=O) groups excluding carboxylic acids is 2. The summed E-state index contributed by atoms with van der Waals surface area (Å²) in [6.45, 7) is 2.61. The van der Waals surface area contributed by atoms with Crippen molar-refractivity contribution in [2.45, 2.75) is 13.3 Å². The Kier molecular flexibility index (Phi) is 6.63. The number of halogens is 1. The number of amides is 2. The van der Waals surface area contributed by atoms with Gasteiger partial charge in [0.05, 0.1) is 17.9 Å². The summed E-state index contributed by atoms with van der Waals surface area (Å²) in [6, 6.07) is 20.0. The third-order valence-electron chi connectivity index (χ3n) is 5.42. The summed E-state index contributed by atoms with van der Waals surface area (Å²) in [5.74, 6) is -0.921. The smallest absolute Gasteiger partial charge is 0.282 e. The molecule has 0 aromatic heterocycles. The van der Waals surface area contributed by atoms with Crippen LogP contribution in [-0.4, -0.2) is 32.5 Å². The zero-order valence-electron chi connectivity index (χ0n) is 19.3. The second kappa shape index (κ2) is 9.79. The van der Waals surface area contributed by atoms with Gasteiger partial charge >= 0.3 is 0 Å². The molecular weight excluding hydrogens is 433 g/mol. The fourth-order valence-electron chi connectivity index (χ4n) is 3.69. The van der Waals surface area contributed by atoms with E-state index >= 15 is 0 Å². The number of nitrogens with one attached hydrogen (secondary N) is 1. The molecule has 0 fully saturated rings. The number of ether oxygens (including phenoxy) is 1. The first-order valence-electron chi connectivity index (χ1n) is 11.1. The third kappa shape index (κ3) is 4.64. The molecule has 0 saturated carbocycles. The van der Waals surface area contributed by atoms with Crippen molar-refractivity contribution in [3.8, 4) is 5.75 Å². The maximum absolute atomic E-state index is 13.9. The van der Waals surface area contributed by atoms with Crippen LogP contribution in [0, 0.1) is 5.82 Å². The van der Waals surface area contributed by atoms with Crippen LogP contribution in [-0.2, 0) is 9.59 Å². The van der Waals surface area contributed by atoms with Crippen molar-refractivity contribution in [1.29, 1.82) is 0 Å². The highest BCUT2D eigenvalue weighted by Gasteiger charge is 2.40. The molecule has 0 radical (unpaired) electrons. The first-order chi connectivity index (χ1) is 16.4. The molecule has 3 aromatic carbocycles. The van der Waals surface area contributed by atoms with Crippen LogP contribution in [0.15, 0.2) is 78.5 Å². The summed E-state index contributed by atoms with van der Waals surface area (Å²) in [4.78, 5) is 29.9. The number of hydrogen-bond donors (Lipinski definition) is 1. The fraction of sp³-hybridized carbons (Fsp3) is 0.185. The van der Waals surface area contributed by atoms with Gasteiger partial charge in [0.25, 0.3) is 11.8 Å². The summed E-state index contributed by atoms with van der Waals surface area (Å²) >= 11 is 0. The molecule has 0 aliphatic carbocycles. The van der Waals surface area contributed by atoms with Crippen LogP contribution in [0.1, 0.15) is 18.9 Å². The molecule has 34 heavy (non-hydrogen) atoms. The molecule has 0 atom stereocenters. The minimum atomic E-state index is -0.548. The average molecular weight is 460 g/mol. The Bertz CT molecular complexity index is 1230. The minimum Gasteiger partial charge on any atom is -0.494 e. The second-order valence-corrected chi connectivity index (χ2v) is 8.11. The summed E-state index contributed by atoms with van der Waals surface area (Å²) in [7, 11) is 3.87. The quantitative estimate of drug-likeness (QED) is 0.476. The summed E-state index contributed by atoms with van der Waals surface area (Å²) < 4.78 is 19.5. The van der Waals surface area contributed by atoms with E-state index in [4.69, 9.17) is 4.74 Å². The van der Waals surface area contributed by atoms with Crippen molar-refractivity contribution in [2.75, 3.05) is 35.8 Å². The SMILES string of the molecule is CCCOc1ccc(C2=C(Nc3ccc(N(C)C)cc3)C(=O)N(c3cccc(F)c3)C2=O)cc1. The molecule has 0 bridgehead atoms. The van der Waals surface area contributed by atoms with Crippen LogP contribution in [0.2, 0.25) is 0 Å². The van der Waals surface area contributed by atoms with Crippen molar-refractivity contribution in [3.05, 3.63) is 89.9 Å². The lowest BCUT2D eigenvalue weighted by atomic mass is 10.0. The van der Waals surface area contributed by atoms with Gasteiger partial charge in [-0.05, 0) is 66.6 Å². The predicted octanol–water partition coefficient (Wildman–Crippen LogP) is 5.08. The molecular formula is C27H26FN3O3. The van der Waals surface area contributed by atoms with Crippen LogP contribution in [0.4, 0.5) is 21.5 Å². The summed E-state index contributed by atoms with van der Waals surface area (Å²) in [5.41, 5.74) is 2.74. The molecule has 6 nitrogen and oxygen atoms in total. The molecule has 1 aliphatic heterocycles. The highest BCUT2D eigenvalue weighted by Crippen LogP contribution is 2.34. The molecule has 0 saturated heterocycles. The number of hydrogen-bond acceptors (Lipinski definition) is 5. The molecule has 1 N–H and O–H groups in total. The lowest BCUT2D eigenvalue weighted by molar-refractivity contribution is -0.120. The molecule has 3 aromatic rings. The monoisotopic (exact) mass is 459 g/mol. The van der Waals surface area contributed by atoms with E-state index in [1.165, 1.54) is 24.3 Å². The summed E-state index contributed by atoms with van der Waals surface area (Å²) in [5, 5.41) is 3.12. The van der Waals surface area contributed by atoms with Crippen molar-refractivity contribution in [2.24, 2.45) is 0 Å². The zero-order valence-corrected chi connectivity index (χ0v) is 19.3. The number of anilines is 3. The van der Waals surface area contributed by atoms with E-state index in [0.717, 1.165) is 17.0 Å². The van der Waals surface area contributed by atoms with Gasteiger partial charge in [-0.1, -0.05) is 25.1 Å². The Hall–Kier alpha value is -4.13. The fourth-order valence-corrected chi connectivity index (χ4v) is 3.69. The van der Waals surface area contributed by atoms with Crippen molar-refractivity contribution in [3.63, 3.8) is 0 Å². The largest absolute Gasteiger partial charge is 0.494 e. The molecule has 0 spiro atoms. The molecule has 0 unspecified atom stereocenters. The lowest BCUT2D eigenvalue weighted by Crippen LogP contribution is -2.32. The highest BCUT2D eigenvalue weighted by molar-refractivity contribution is 6.46. The third-order valence-corrected chi connectivity index (χ3v) is 5.42. The first kappa shape index (κ1) is 23.0. The first-order valence-corrected chi connectivity index (χ1v) is 11.1. The van der Waals surface area contributed by atoms with E-state index in [1.807, 2.05) is 50.2 Å². The zero-order chi connectivity index (χ0) is 24.2. The van der Waals surface area contributed by atoms with Crippen LogP contribution >= 0.6 is 0 Å². The van der Waals surface area contributed by atoms with Gasteiger partial charge in [0, 0.05) is 25.5 Å². The van der Waals surface area contributed by atoms with Gasteiger partial charge in [-0.15, -0.1) is 0 Å². The number of nitrogens with zero attached hydrogens (tertiary/aromatic N) is 2. The lowest BCUT2D eigenvalue weighted by Gasteiger charge is -2.16. The van der Waals surface area contributed by atoms with E-state index in [9.17, 15) is 14.0 Å². The van der Waals surface area contributed by atoms with Crippen LogP contribution < -0.4 is 19.9 Å². The molecule has 1 aliphatic rings. The number of carbonyl (C=O) groups is 2. The van der Waals surface area contributed by atoms with Gasteiger partial charge in [0.2, 0.25) is 0 Å².